The van der Waals surface area contributed by atoms with Gasteiger partial charge in [-0.3, -0.25) is 0 Å². The molecule has 0 radical (unpaired) electrons. The Kier molecular flexibility index (Phi) is 4.53. The number of fused-ring (bicyclic) bond motifs is 7. The zero-order valence-corrected chi connectivity index (χ0v) is 21.7. The highest BCUT2D eigenvalue weighted by atomic mass is 16.3. The van der Waals surface area contributed by atoms with E-state index in [2.05, 4.69) is 67.5 Å². The van der Waals surface area contributed by atoms with Crippen molar-refractivity contribution in [2.24, 2.45) is 44.3 Å². The van der Waals surface area contributed by atoms with Gasteiger partial charge in [0.2, 0.25) is 0 Å². The fraction of sp³-hybridized carbons (Fsp3) is 0.867. The molecule has 1 nitrogen and oxygen atoms in total. The number of hydrogen-bond donors (Lipinski definition) is 1. The van der Waals surface area contributed by atoms with Crippen LogP contribution in [0.1, 0.15) is 113 Å². The van der Waals surface area contributed by atoms with Gasteiger partial charge in [-0.05, 0) is 102 Å². The number of allylic oxidation sites excluding steroid dienone is 4. The van der Waals surface area contributed by atoms with Gasteiger partial charge in [0.05, 0.1) is 6.10 Å². The molecule has 5 aliphatic carbocycles. The Morgan fingerprint density at radius 3 is 2.13 bits per heavy atom. The van der Waals surface area contributed by atoms with Crippen LogP contribution in [0.4, 0.5) is 0 Å². The van der Waals surface area contributed by atoms with Crippen LogP contribution >= 0.6 is 0 Å². The number of rotatable bonds is 0. The monoisotopic (exact) mass is 424 g/mol. The van der Waals surface area contributed by atoms with E-state index in [1.807, 2.05) is 0 Å². The van der Waals surface area contributed by atoms with Crippen LogP contribution in [-0.4, -0.2) is 11.2 Å². The van der Waals surface area contributed by atoms with Gasteiger partial charge in [-0.1, -0.05) is 78.7 Å². The number of aliphatic hydroxyl groups is 1. The van der Waals surface area contributed by atoms with Crippen molar-refractivity contribution in [2.45, 2.75) is 119 Å². The maximum Gasteiger partial charge on any atom is 0.0594 e. The lowest BCUT2D eigenvalue weighted by Crippen LogP contribution is -2.60. The lowest BCUT2D eigenvalue weighted by atomic mass is 9.36. The summed E-state index contributed by atoms with van der Waals surface area (Å²) in [6, 6.07) is 0. The third-order valence-corrected chi connectivity index (χ3v) is 12.4. The van der Waals surface area contributed by atoms with Crippen molar-refractivity contribution in [3.05, 3.63) is 23.3 Å². The molecule has 0 aliphatic heterocycles. The molecule has 1 heteroatoms. The minimum atomic E-state index is -0.152. The summed E-state index contributed by atoms with van der Waals surface area (Å²) in [4.78, 5) is 0. The zero-order chi connectivity index (χ0) is 22.7. The van der Waals surface area contributed by atoms with Gasteiger partial charge in [0.15, 0.2) is 0 Å². The third-order valence-electron chi connectivity index (χ3n) is 12.4. The van der Waals surface area contributed by atoms with Crippen LogP contribution in [0.25, 0.3) is 0 Å². The minimum Gasteiger partial charge on any atom is -0.393 e. The minimum absolute atomic E-state index is 0.0125. The summed E-state index contributed by atoms with van der Waals surface area (Å²) in [5, 5.41) is 10.9. The molecule has 0 heterocycles. The maximum atomic E-state index is 10.9. The van der Waals surface area contributed by atoms with Crippen LogP contribution in [0.2, 0.25) is 0 Å². The molecule has 5 aliphatic rings. The second-order valence-corrected chi connectivity index (χ2v) is 14.8. The van der Waals surface area contributed by atoms with Gasteiger partial charge >= 0.3 is 0 Å². The summed E-state index contributed by atoms with van der Waals surface area (Å²) in [6.45, 7) is 20.2. The Balaban J connectivity index is 1.63. The molecule has 0 aromatic heterocycles. The molecule has 0 aromatic rings. The molecular formula is C30H48O. The molecule has 4 saturated carbocycles. The van der Waals surface area contributed by atoms with Crippen LogP contribution < -0.4 is 0 Å². The lowest BCUT2D eigenvalue weighted by Gasteiger charge is -2.68. The third kappa shape index (κ3) is 2.71. The van der Waals surface area contributed by atoms with E-state index in [-0.39, 0.29) is 22.3 Å². The topological polar surface area (TPSA) is 20.2 Å². The van der Waals surface area contributed by atoms with Gasteiger partial charge in [-0.25, -0.2) is 0 Å². The summed E-state index contributed by atoms with van der Waals surface area (Å²) < 4.78 is 0. The molecular weight excluding hydrogens is 376 g/mol. The van der Waals surface area contributed by atoms with E-state index in [0.717, 1.165) is 18.8 Å². The average molecular weight is 425 g/mol. The summed E-state index contributed by atoms with van der Waals surface area (Å²) in [5.74, 6) is 1.34. The maximum absolute atomic E-state index is 10.9. The normalized spacial score (nSPS) is 52.6. The van der Waals surface area contributed by atoms with E-state index in [9.17, 15) is 5.11 Å². The Morgan fingerprint density at radius 1 is 0.742 bits per heavy atom. The molecule has 174 valence electrons. The molecule has 0 amide bonds. The highest BCUT2D eigenvalue weighted by molar-refractivity contribution is 5.45. The van der Waals surface area contributed by atoms with Crippen molar-refractivity contribution < 1.29 is 5.11 Å². The van der Waals surface area contributed by atoms with Gasteiger partial charge in [0.1, 0.15) is 0 Å². The molecule has 31 heavy (non-hydrogen) atoms. The Morgan fingerprint density at radius 2 is 1.42 bits per heavy atom. The van der Waals surface area contributed by atoms with Gasteiger partial charge < -0.3 is 5.11 Å². The SMILES string of the molecule is CC1(C)CC[C@]2(C)CC[C@]3(C)C(=CC=C4[C@@]5(C)CC[C@H](O)C(C)(C)[C@@H]5CC[C@]43C)[C@H]2C1. The van der Waals surface area contributed by atoms with Crippen molar-refractivity contribution in [2.75, 3.05) is 0 Å². The van der Waals surface area contributed by atoms with Crippen LogP contribution in [0.15, 0.2) is 23.3 Å². The molecule has 0 spiro atoms. The van der Waals surface area contributed by atoms with E-state index in [4.69, 9.17) is 0 Å². The van der Waals surface area contributed by atoms with E-state index in [1.54, 1.807) is 11.1 Å². The quantitative estimate of drug-likeness (QED) is 0.416. The highest BCUT2D eigenvalue weighted by Crippen LogP contribution is 2.74. The van der Waals surface area contributed by atoms with E-state index in [1.165, 1.54) is 44.9 Å². The van der Waals surface area contributed by atoms with Crippen LogP contribution in [0.3, 0.4) is 0 Å². The average Bonchev–Trinajstić information content (AvgIpc) is 2.67. The first-order valence-electron chi connectivity index (χ1n) is 13.3. The van der Waals surface area contributed by atoms with E-state index >= 15 is 0 Å². The number of hydrogen-bond acceptors (Lipinski definition) is 1. The van der Waals surface area contributed by atoms with Crippen molar-refractivity contribution >= 4 is 0 Å². The molecule has 0 saturated heterocycles. The molecule has 4 fully saturated rings. The fourth-order valence-electron chi connectivity index (χ4n) is 9.81. The second kappa shape index (κ2) is 6.31. The van der Waals surface area contributed by atoms with Gasteiger partial charge in [0.25, 0.3) is 0 Å². The fourth-order valence-corrected chi connectivity index (χ4v) is 9.81. The Hall–Kier alpha value is -0.560. The largest absolute Gasteiger partial charge is 0.393 e. The second-order valence-electron chi connectivity index (χ2n) is 14.8. The van der Waals surface area contributed by atoms with Crippen molar-refractivity contribution in [3.63, 3.8) is 0 Å². The molecule has 0 bridgehead atoms. The molecule has 7 atom stereocenters. The van der Waals surface area contributed by atoms with Gasteiger partial charge in [0, 0.05) is 0 Å². The summed E-state index contributed by atoms with van der Waals surface area (Å²) in [5.41, 5.74) is 5.32. The van der Waals surface area contributed by atoms with Crippen LogP contribution in [-0.2, 0) is 0 Å². The molecule has 0 aromatic carbocycles. The number of aliphatic hydroxyl groups excluding tert-OH is 1. The Bertz CT molecular complexity index is 844. The van der Waals surface area contributed by atoms with Crippen molar-refractivity contribution in [1.29, 1.82) is 0 Å². The van der Waals surface area contributed by atoms with Gasteiger partial charge in [-0.2, -0.15) is 0 Å². The van der Waals surface area contributed by atoms with Crippen molar-refractivity contribution in [3.8, 4) is 0 Å². The van der Waals surface area contributed by atoms with Crippen LogP contribution in [0.5, 0.6) is 0 Å². The van der Waals surface area contributed by atoms with Crippen LogP contribution in [0, 0.1) is 44.3 Å². The first kappa shape index (κ1) is 22.2. The smallest absolute Gasteiger partial charge is 0.0594 e. The molecule has 0 unspecified atom stereocenters. The highest BCUT2D eigenvalue weighted by Gasteiger charge is 2.65. The van der Waals surface area contributed by atoms with Gasteiger partial charge in [-0.15, -0.1) is 0 Å². The molecule has 1 N–H and O–H groups in total. The predicted octanol–water partition coefficient (Wildman–Crippen LogP) is 8.09. The first-order chi connectivity index (χ1) is 14.2. The first-order valence-corrected chi connectivity index (χ1v) is 13.3. The predicted molar refractivity (Wildman–Crippen MR) is 131 cm³/mol. The summed E-state index contributed by atoms with van der Waals surface area (Å²) >= 11 is 0. The zero-order valence-electron chi connectivity index (χ0n) is 21.7. The molecule has 5 rings (SSSR count). The van der Waals surface area contributed by atoms with Crippen molar-refractivity contribution in [1.82, 2.24) is 0 Å². The standard InChI is InChI=1S/C30H48O/c1-25(2)15-16-27(5)17-18-29(7)20(21(27)19-25)9-10-23-28(6)13-12-24(31)26(3,4)22(28)11-14-30(23,29)8/h9-10,21-22,24,31H,11-19H2,1-8H3/t21-,22+,24+,27-,28+,29-,30-/m1/s1. The summed E-state index contributed by atoms with van der Waals surface area (Å²) in [7, 11) is 0. The lowest BCUT2D eigenvalue weighted by molar-refractivity contribution is -0.125. The Labute approximate surface area is 192 Å². The van der Waals surface area contributed by atoms with E-state index in [0.29, 0.717) is 22.2 Å². The van der Waals surface area contributed by atoms with E-state index < -0.39 is 0 Å². The summed E-state index contributed by atoms with van der Waals surface area (Å²) in [6.07, 6.45) is 16.7.